The second kappa shape index (κ2) is 7.03. The summed E-state index contributed by atoms with van der Waals surface area (Å²) in [7, 11) is 0. The van der Waals surface area contributed by atoms with Gasteiger partial charge in [0.25, 0.3) is 5.69 Å². The topological polar surface area (TPSA) is 69.9 Å². The van der Waals surface area contributed by atoms with Crippen molar-refractivity contribution in [3.05, 3.63) is 33.3 Å². The van der Waals surface area contributed by atoms with E-state index in [2.05, 4.69) is 9.80 Å². The molecule has 2 unspecified atom stereocenters. The van der Waals surface area contributed by atoms with Crippen molar-refractivity contribution in [3.63, 3.8) is 0 Å². The fourth-order valence-corrected chi connectivity index (χ4v) is 4.01. The van der Waals surface area contributed by atoms with E-state index in [4.69, 9.17) is 11.6 Å². The Hall–Kier alpha value is -1.37. The molecule has 0 aliphatic carbocycles. The minimum absolute atomic E-state index is 0.0736. The first kappa shape index (κ1) is 16.5. The highest BCUT2D eigenvalue weighted by atomic mass is 35.5. The number of anilines is 1. The summed E-state index contributed by atoms with van der Waals surface area (Å²) in [5.41, 5.74) is 0.728. The largest absolute Gasteiger partial charge is 0.395 e. The molecule has 0 radical (unpaired) electrons. The highest BCUT2D eigenvalue weighted by Crippen LogP contribution is 2.36. The van der Waals surface area contributed by atoms with Gasteiger partial charge in [-0.05, 0) is 44.4 Å². The van der Waals surface area contributed by atoms with Gasteiger partial charge in [0.2, 0.25) is 0 Å². The zero-order valence-corrected chi connectivity index (χ0v) is 13.8. The third-order valence-corrected chi connectivity index (χ3v) is 5.21. The maximum absolute atomic E-state index is 11.4. The molecule has 0 spiro atoms. The Kier molecular flexibility index (Phi) is 5.04. The molecule has 1 aromatic carbocycles. The van der Waals surface area contributed by atoms with E-state index in [-0.39, 0.29) is 29.3 Å². The minimum Gasteiger partial charge on any atom is -0.395 e. The number of likely N-dealkylation sites (tertiary alicyclic amines) is 1. The van der Waals surface area contributed by atoms with Crippen LogP contribution in [0.3, 0.4) is 0 Å². The van der Waals surface area contributed by atoms with Crippen LogP contribution in [0.4, 0.5) is 11.4 Å². The molecule has 7 heteroatoms. The summed E-state index contributed by atoms with van der Waals surface area (Å²) < 4.78 is 0. The van der Waals surface area contributed by atoms with Gasteiger partial charge in [0.1, 0.15) is 5.69 Å². The summed E-state index contributed by atoms with van der Waals surface area (Å²) >= 11 is 5.92. The van der Waals surface area contributed by atoms with Gasteiger partial charge < -0.3 is 10.0 Å². The monoisotopic (exact) mass is 339 g/mol. The predicted molar refractivity (Wildman–Crippen MR) is 90.2 cm³/mol. The van der Waals surface area contributed by atoms with E-state index in [0.29, 0.717) is 10.7 Å². The quantitative estimate of drug-likeness (QED) is 0.659. The molecule has 6 nitrogen and oxygen atoms in total. The molecule has 2 atom stereocenters. The lowest BCUT2D eigenvalue weighted by Gasteiger charge is -2.32. The zero-order valence-electron chi connectivity index (χ0n) is 13.0. The van der Waals surface area contributed by atoms with Crippen LogP contribution in [0.2, 0.25) is 5.02 Å². The van der Waals surface area contributed by atoms with Gasteiger partial charge in [-0.15, -0.1) is 0 Å². The zero-order chi connectivity index (χ0) is 16.4. The van der Waals surface area contributed by atoms with E-state index in [0.717, 1.165) is 45.3 Å². The Bertz CT molecular complexity index is 584. The second-order valence-corrected chi connectivity index (χ2v) is 6.79. The van der Waals surface area contributed by atoms with E-state index < -0.39 is 0 Å². The first-order valence-corrected chi connectivity index (χ1v) is 8.53. The minimum atomic E-state index is -0.358. The number of aliphatic hydroxyl groups is 1. The smallest absolute Gasteiger partial charge is 0.294 e. The molecular formula is C16H22ClN3O3. The number of nitro benzene ring substituents is 1. The Balaban J connectivity index is 1.80. The van der Waals surface area contributed by atoms with Crippen molar-refractivity contribution in [3.8, 4) is 0 Å². The second-order valence-electron chi connectivity index (χ2n) is 6.35. The van der Waals surface area contributed by atoms with Gasteiger partial charge in [0.15, 0.2) is 0 Å². The van der Waals surface area contributed by atoms with Crippen molar-refractivity contribution >= 4 is 23.0 Å². The van der Waals surface area contributed by atoms with E-state index in [9.17, 15) is 15.2 Å². The molecule has 23 heavy (non-hydrogen) atoms. The molecule has 2 aliphatic heterocycles. The molecule has 3 rings (SSSR count). The summed E-state index contributed by atoms with van der Waals surface area (Å²) in [6.45, 7) is 2.86. The Morgan fingerprint density at radius 1 is 1.26 bits per heavy atom. The molecule has 0 amide bonds. The number of nitrogens with zero attached hydrogens (tertiary/aromatic N) is 3. The Morgan fingerprint density at radius 3 is 2.74 bits per heavy atom. The fraction of sp³-hybridized carbons (Fsp3) is 0.625. The van der Waals surface area contributed by atoms with Crippen molar-refractivity contribution in [2.75, 3.05) is 31.1 Å². The van der Waals surface area contributed by atoms with Gasteiger partial charge in [-0.25, -0.2) is 0 Å². The molecule has 2 heterocycles. The maximum Gasteiger partial charge on any atom is 0.294 e. The molecule has 1 aromatic rings. The lowest BCUT2D eigenvalue weighted by atomic mass is 10.1. The maximum atomic E-state index is 11.4. The SMILES string of the molecule is O=[N+]([O-])c1cc(Cl)ccc1N1CCCC1CN1CCCC1CO. The van der Waals surface area contributed by atoms with E-state index in [1.807, 2.05) is 0 Å². The van der Waals surface area contributed by atoms with E-state index >= 15 is 0 Å². The van der Waals surface area contributed by atoms with Crippen LogP contribution < -0.4 is 4.90 Å². The van der Waals surface area contributed by atoms with Crippen LogP contribution in [0.25, 0.3) is 0 Å². The Morgan fingerprint density at radius 2 is 2.00 bits per heavy atom. The number of rotatable bonds is 5. The average molecular weight is 340 g/mol. The summed E-state index contributed by atoms with van der Waals surface area (Å²) in [6.07, 6.45) is 4.19. The van der Waals surface area contributed by atoms with Gasteiger partial charge in [0, 0.05) is 36.3 Å². The third kappa shape index (κ3) is 3.44. The summed E-state index contributed by atoms with van der Waals surface area (Å²) in [5, 5.41) is 21.2. The highest BCUT2D eigenvalue weighted by Gasteiger charge is 2.33. The van der Waals surface area contributed by atoms with Crippen molar-refractivity contribution in [2.45, 2.75) is 37.8 Å². The highest BCUT2D eigenvalue weighted by molar-refractivity contribution is 6.30. The number of hydrogen-bond donors (Lipinski definition) is 1. The van der Waals surface area contributed by atoms with Crippen LogP contribution in [0.1, 0.15) is 25.7 Å². The third-order valence-electron chi connectivity index (χ3n) is 4.98. The molecule has 0 aromatic heterocycles. The lowest BCUT2D eigenvalue weighted by molar-refractivity contribution is -0.384. The van der Waals surface area contributed by atoms with Crippen LogP contribution in [-0.2, 0) is 0 Å². The molecule has 0 bridgehead atoms. The fourth-order valence-electron chi connectivity index (χ4n) is 3.84. The van der Waals surface area contributed by atoms with E-state index in [1.54, 1.807) is 12.1 Å². The van der Waals surface area contributed by atoms with Gasteiger partial charge in [0.05, 0.1) is 11.5 Å². The lowest BCUT2D eigenvalue weighted by Crippen LogP contribution is -2.43. The van der Waals surface area contributed by atoms with Crippen molar-refractivity contribution in [1.82, 2.24) is 4.90 Å². The Labute approximate surface area is 140 Å². The number of aliphatic hydroxyl groups excluding tert-OH is 1. The van der Waals surface area contributed by atoms with Crippen LogP contribution in [0.15, 0.2) is 18.2 Å². The average Bonchev–Trinajstić information content (AvgIpc) is 3.16. The summed E-state index contributed by atoms with van der Waals surface area (Å²) in [4.78, 5) is 15.5. The molecule has 0 saturated carbocycles. The number of halogens is 1. The van der Waals surface area contributed by atoms with Gasteiger partial charge in [-0.3, -0.25) is 15.0 Å². The van der Waals surface area contributed by atoms with Crippen LogP contribution in [-0.4, -0.2) is 53.3 Å². The number of hydrogen-bond acceptors (Lipinski definition) is 5. The number of benzene rings is 1. The van der Waals surface area contributed by atoms with Gasteiger partial charge in [-0.2, -0.15) is 0 Å². The van der Waals surface area contributed by atoms with Crippen molar-refractivity contribution < 1.29 is 10.0 Å². The van der Waals surface area contributed by atoms with Crippen molar-refractivity contribution in [2.24, 2.45) is 0 Å². The van der Waals surface area contributed by atoms with Gasteiger partial charge >= 0.3 is 0 Å². The standard InChI is InChI=1S/C16H22ClN3O3/c17-12-5-6-15(16(9-12)20(22)23)19-8-2-3-13(19)10-18-7-1-4-14(18)11-21/h5-6,9,13-14,21H,1-4,7-8,10-11H2. The molecule has 126 valence electrons. The van der Waals surface area contributed by atoms with Crippen LogP contribution in [0, 0.1) is 10.1 Å². The summed E-state index contributed by atoms with van der Waals surface area (Å²) in [6, 6.07) is 5.39. The van der Waals surface area contributed by atoms with Crippen LogP contribution >= 0.6 is 11.6 Å². The normalized spacial score (nSPS) is 25.2. The molecule has 2 aliphatic rings. The number of nitro groups is 1. The first-order valence-electron chi connectivity index (χ1n) is 8.15. The summed E-state index contributed by atoms with van der Waals surface area (Å²) in [5.74, 6) is 0. The van der Waals surface area contributed by atoms with Crippen LogP contribution in [0.5, 0.6) is 0 Å². The molecule has 2 fully saturated rings. The van der Waals surface area contributed by atoms with Gasteiger partial charge in [-0.1, -0.05) is 11.6 Å². The predicted octanol–water partition coefficient (Wildman–Crippen LogP) is 2.67. The molecule has 1 N–H and O–H groups in total. The molecular weight excluding hydrogens is 318 g/mol. The van der Waals surface area contributed by atoms with E-state index in [1.165, 1.54) is 6.07 Å². The molecule has 2 saturated heterocycles. The van der Waals surface area contributed by atoms with Crippen molar-refractivity contribution in [1.29, 1.82) is 0 Å². The first-order chi connectivity index (χ1) is 11.1.